The van der Waals surface area contributed by atoms with Gasteiger partial charge in [0.25, 0.3) is 0 Å². The summed E-state index contributed by atoms with van der Waals surface area (Å²) in [5.74, 6) is -0.641. The van der Waals surface area contributed by atoms with Crippen LogP contribution in [0.1, 0.15) is 11.3 Å². The number of oxime groups is 1. The lowest BCUT2D eigenvalue weighted by Gasteiger charge is -2.17. The van der Waals surface area contributed by atoms with Gasteiger partial charge < -0.3 is 15.4 Å². The Hall–Kier alpha value is -3.47. The fourth-order valence-corrected chi connectivity index (χ4v) is 2.77. The predicted molar refractivity (Wildman–Crippen MR) is 107 cm³/mol. The number of anilines is 2. The van der Waals surface area contributed by atoms with Gasteiger partial charge in [0.15, 0.2) is 5.69 Å². The van der Waals surface area contributed by atoms with Crippen LogP contribution < -0.4 is 10.6 Å². The molecule has 0 aliphatic heterocycles. The molecule has 29 heavy (non-hydrogen) atoms. The van der Waals surface area contributed by atoms with Gasteiger partial charge in [-0.05, 0) is 50.0 Å². The number of benzene rings is 2. The second-order valence-corrected chi connectivity index (χ2v) is 6.79. The molecule has 1 aromatic heterocycles. The first-order valence-corrected chi connectivity index (χ1v) is 9.10. The van der Waals surface area contributed by atoms with E-state index in [1.165, 1.54) is 23.1 Å². The Bertz CT molecular complexity index is 1030. The van der Waals surface area contributed by atoms with Crippen LogP contribution in [-0.2, 0) is 6.54 Å². The number of amidine groups is 1. The Morgan fingerprint density at radius 1 is 1.24 bits per heavy atom. The summed E-state index contributed by atoms with van der Waals surface area (Å²) in [5, 5.41) is 25.1. The number of aromatic nitrogens is 2. The largest absolute Gasteiger partial charge is 0.409 e. The van der Waals surface area contributed by atoms with Crippen LogP contribution in [0.3, 0.4) is 0 Å². The lowest BCUT2D eigenvalue weighted by atomic mass is 10.2. The van der Waals surface area contributed by atoms with Gasteiger partial charge in [-0.3, -0.25) is 5.32 Å². The zero-order valence-electron chi connectivity index (χ0n) is 15.1. The van der Waals surface area contributed by atoms with Crippen LogP contribution >= 0.6 is 15.9 Å². The van der Waals surface area contributed by atoms with Crippen LogP contribution in [0, 0.1) is 5.82 Å². The van der Waals surface area contributed by atoms with Crippen molar-refractivity contribution in [3.63, 3.8) is 0 Å². The summed E-state index contributed by atoms with van der Waals surface area (Å²) in [7, 11) is 1.62. The first kappa shape index (κ1) is 20.3. The third kappa shape index (κ3) is 5.08. The number of carbonyl (C=O) groups is 1. The third-order valence-corrected chi connectivity index (χ3v) is 4.44. The van der Waals surface area contributed by atoms with Crippen molar-refractivity contribution in [2.75, 3.05) is 17.7 Å². The second-order valence-electron chi connectivity index (χ2n) is 5.94. The molecule has 1 heterocycles. The van der Waals surface area contributed by atoms with Gasteiger partial charge in [0.1, 0.15) is 5.82 Å². The molecule has 9 nitrogen and oxygen atoms in total. The lowest BCUT2D eigenvalue weighted by Crippen LogP contribution is -2.31. The van der Waals surface area contributed by atoms with Crippen LogP contribution in [0.4, 0.5) is 20.7 Å². The van der Waals surface area contributed by atoms with Crippen molar-refractivity contribution < 1.29 is 19.0 Å². The standard InChI is InChI=1S/C18H16BrFN6O3/c1-26(10-11-5-3-2-4-6-11)18(27)22-17-15(24-29-25-17)16(23-28)21-12-7-8-14(20)13(19)9-12/h2-9,28H,10H2,1H3,(H,21,23)(H,22,25,27). The summed E-state index contributed by atoms with van der Waals surface area (Å²) >= 11 is 3.07. The van der Waals surface area contributed by atoms with Crippen LogP contribution in [0.15, 0.2) is 62.8 Å². The van der Waals surface area contributed by atoms with Crippen molar-refractivity contribution in [1.82, 2.24) is 15.2 Å². The molecule has 0 aliphatic rings. The molecule has 0 saturated carbocycles. The number of nitrogens with zero attached hydrogens (tertiary/aromatic N) is 4. The molecule has 2 amide bonds. The van der Waals surface area contributed by atoms with Gasteiger partial charge in [-0.1, -0.05) is 35.5 Å². The van der Waals surface area contributed by atoms with Crippen LogP contribution in [0.25, 0.3) is 0 Å². The maximum absolute atomic E-state index is 13.4. The van der Waals surface area contributed by atoms with E-state index in [9.17, 15) is 14.4 Å². The highest BCUT2D eigenvalue weighted by Crippen LogP contribution is 2.21. The Labute approximate surface area is 173 Å². The number of hydrogen-bond acceptors (Lipinski definition) is 6. The number of rotatable bonds is 5. The molecular formula is C18H16BrFN6O3. The topological polar surface area (TPSA) is 116 Å². The molecule has 2 aromatic carbocycles. The van der Waals surface area contributed by atoms with Gasteiger partial charge in [0.05, 0.1) is 4.47 Å². The van der Waals surface area contributed by atoms with Gasteiger partial charge >= 0.3 is 6.03 Å². The number of nitrogens with one attached hydrogen (secondary N) is 2. The highest BCUT2D eigenvalue weighted by atomic mass is 79.9. The molecule has 0 atom stereocenters. The van der Waals surface area contributed by atoms with Crippen LogP contribution in [0.5, 0.6) is 0 Å². The molecule has 0 fully saturated rings. The Morgan fingerprint density at radius 3 is 2.69 bits per heavy atom. The first-order chi connectivity index (χ1) is 14.0. The number of carbonyl (C=O) groups excluding carboxylic acids is 1. The van der Waals surface area contributed by atoms with Gasteiger partial charge in [-0.2, -0.15) is 0 Å². The van der Waals surface area contributed by atoms with E-state index in [2.05, 4.69) is 46.7 Å². The van der Waals surface area contributed by atoms with Crippen molar-refractivity contribution in [3.05, 3.63) is 70.1 Å². The zero-order valence-corrected chi connectivity index (χ0v) is 16.7. The summed E-state index contributed by atoms with van der Waals surface area (Å²) in [4.78, 5) is 13.9. The Morgan fingerprint density at radius 2 is 2.00 bits per heavy atom. The molecule has 11 heteroatoms. The predicted octanol–water partition coefficient (Wildman–Crippen LogP) is 3.88. The molecule has 0 aliphatic carbocycles. The number of halogens is 2. The highest BCUT2D eigenvalue weighted by molar-refractivity contribution is 9.10. The fourth-order valence-electron chi connectivity index (χ4n) is 2.39. The average molecular weight is 463 g/mol. The lowest BCUT2D eigenvalue weighted by molar-refractivity contribution is 0.220. The third-order valence-electron chi connectivity index (χ3n) is 3.83. The zero-order chi connectivity index (χ0) is 20.8. The summed E-state index contributed by atoms with van der Waals surface area (Å²) < 4.78 is 18.3. The molecule has 0 unspecified atom stereocenters. The number of urea groups is 1. The average Bonchev–Trinajstić information content (AvgIpc) is 3.17. The van der Waals surface area contributed by atoms with E-state index in [1.54, 1.807) is 7.05 Å². The van der Waals surface area contributed by atoms with E-state index >= 15 is 0 Å². The maximum Gasteiger partial charge on any atom is 0.323 e. The maximum atomic E-state index is 13.4. The Balaban J connectivity index is 1.71. The smallest absolute Gasteiger partial charge is 0.323 e. The summed E-state index contributed by atoms with van der Waals surface area (Å²) in [6.07, 6.45) is 0. The van der Waals surface area contributed by atoms with Crippen molar-refractivity contribution in [2.45, 2.75) is 6.54 Å². The van der Waals surface area contributed by atoms with E-state index in [1.807, 2.05) is 30.3 Å². The van der Waals surface area contributed by atoms with Crippen molar-refractivity contribution in [1.29, 1.82) is 0 Å². The van der Waals surface area contributed by atoms with Gasteiger partial charge in [-0.15, -0.1) is 0 Å². The minimum atomic E-state index is -0.465. The molecule has 150 valence electrons. The molecule has 0 spiro atoms. The van der Waals surface area contributed by atoms with Crippen molar-refractivity contribution in [2.24, 2.45) is 5.16 Å². The second kappa shape index (κ2) is 9.15. The highest BCUT2D eigenvalue weighted by Gasteiger charge is 2.21. The van der Waals surface area contributed by atoms with Crippen molar-refractivity contribution in [3.8, 4) is 0 Å². The van der Waals surface area contributed by atoms with E-state index in [0.717, 1.165) is 5.56 Å². The molecule has 0 radical (unpaired) electrons. The van der Waals surface area contributed by atoms with E-state index < -0.39 is 11.8 Å². The summed E-state index contributed by atoms with van der Waals surface area (Å²) in [5.41, 5.74) is 1.33. The van der Waals surface area contributed by atoms with E-state index in [-0.39, 0.29) is 21.8 Å². The minimum Gasteiger partial charge on any atom is -0.409 e. The van der Waals surface area contributed by atoms with Crippen molar-refractivity contribution >= 4 is 39.3 Å². The molecule has 3 rings (SSSR count). The van der Waals surface area contributed by atoms with Gasteiger partial charge in [-0.25, -0.2) is 13.8 Å². The van der Waals surface area contributed by atoms with E-state index in [0.29, 0.717) is 12.2 Å². The molecule has 0 saturated heterocycles. The van der Waals surface area contributed by atoms with Crippen LogP contribution in [0.2, 0.25) is 0 Å². The normalized spacial score (nSPS) is 11.2. The molecule has 3 N–H and O–H groups in total. The molecule has 3 aromatic rings. The van der Waals surface area contributed by atoms with Gasteiger partial charge in [0, 0.05) is 19.3 Å². The van der Waals surface area contributed by atoms with E-state index in [4.69, 9.17) is 0 Å². The SMILES string of the molecule is CN(Cc1ccccc1)C(=O)Nc1nonc1/C(=N/O)Nc1ccc(F)c(Br)c1. The van der Waals surface area contributed by atoms with Gasteiger partial charge in [0.2, 0.25) is 11.7 Å². The Kier molecular flexibility index (Phi) is 6.39. The fraction of sp³-hybridized carbons (Fsp3) is 0.111. The summed E-state index contributed by atoms with van der Waals surface area (Å²) in [6, 6.07) is 13.1. The number of amides is 2. The van der Waals surface area contributed by atoms with Crippen LogP contribution in [-0.4, -0.2) is 39.3 Å². The summed E-state index contributed by atoms with van der Waals surface area (Å²) in [6.45, 7) is 0.371. The first-order valence-electron chi connectivity index (χ1n) is 8.31. The number of hydrogen-bond donors (Lipinski definition) is 3. The quantitative estimate of drug-likeness (QED) is 0.229. The molecular weight excluding hydrogens is 447 g/mol. The monoisotopic (exact) mass is 462 g/mol. The molecule has 0 bridgehead atoms. The minimum absolute atomic E-state index is 0.0330.